The maximum atomic E-state index is 11.3. The first-order valence-electron chi connectivity index (χ1n) is 5.85. The minimum absolute atomic E-state index is 0.0642. The Labute approximate surface area is 105 Å². The Morgan fingerprint density at radius 1 is 1.33 bits per heavy atom. The predicted octanol–water partition coefficient (Wildman–Crippen LogP) is 0.264. The van der Waals surface area contributed by atoms with E-state index < -0.39 is 17.9 Å². The van der Waals surface area contributed by atoms with Crippen LogP contribution in [0, 0.1) is 6.92 Å². The minimum Gasteiger partial charge on any atom is -0.464 e. The fourth-order valence-electron chi connectivity index (χ4n) is 1.32. The van der Waals surface area contributed by atoms with Crippen molar-refractivity contribution in [1.29, 1.82) is 0 Å². The molecule has 1 atom stereocenters. The third kappa shape index (κ3) is 4.21. The fourth-order valence-corrected chi connectivity index (χ4v) is 1.32. The number of aliphatic hydroxyl groups is 1. The maximum absolute atomic E-state index is 11.3. The molecule has 0 radical (unpaired) electrons. The molecule has 6 nitrogen and oxygen atoms in total. The molecule has 0 fully saturated rings. The Kier molecular flexibility index (Phi) is 5.38. The minimum atomic E-state index is -0.957. The van der Waals surface area contributed by atoms with Gasteiger partial charge in [0.2, 0.25) is 0 Å². The number of aryl methyl sites for hydroxylation is 1. The summed E-state index contributed by atoms with van der Waals surface area (Å²) >= 11 is 0. The summed E-state index contributed by atoms with van der Waals surface area (Å²) in [6.45, 7) is 4.03. The molecule has 1 aromatic heterocycles. The van der Waals surface area contributed by atoms with Crippen molar-refractivity contribution >= 4 is 11.8 Å². The van der Waals surface area contributed by atoms with Crippen molar-refractivity contribution in [3.63, 3.8) is 0 Å². The molecule has 0 aliphatic rings. The average molecular weight is 254 g/mol. The van der Waals surface area contributed by atoms with Crippen molar-refractivity contribution in [2.45, 2.75) is 26.4 Å². The molecule has 18 heavy (non-hydrogen) atoms. The molecule has 0 saturated carbocycles. The predicted molar refractivity (Wildman–Crippen MR) is 64.7 cm³/mol. The van der Waals surface area contributed by atoms with Gasteiger partial charge in [-0.15, -0.1) is 0 Å². The normalized spacial score (nSPS) is 11.9. The van der Waals surface area contributed by atoms with Gasteiger partial charge in [-0.05, 0) is 25.5 Å². The van der Waals surface area contributed by atoms with E-state index >= 15 is 0 Å². The van der Waals surface area contributed by atoms with Crippen LogP contribution in [0.1, 0.15) is 31.0 Å². The first kappa shape index (κ1) is 14.2. The Morgan fingerprint density at radius 3 is 2.56 bits per heavy atom. The third-order valence-corrected chi connectivity index (χ3v) is 2.29. The van der Waals surface area contributed by atoms with Gasteiger partial charge in [0.1, 0.15) is 17.6 Å². The van der Waals surface area contributed by atoms with E-state index in [0.29, 0.717) is 18.1 Å². The Bertz CT molecular complexity index is 414. The second-order valence-corrected chi connectivity index (χ2v) is 3.93. The number of amides is 2. The van der Waals surface area contributed by atoms with Crippen molar-refractivity contribution in [2.24, 2.45) is 0 Å². The second kappa shape index (κ2) is 6.80. The van der Waals surface area contributed by atoms with Crippen LogP contribution in [-0.2, 0) is 9.59 Å². The quantitative estimate of drug-likeness (QED) is 0.657. The van der Waals surface area contributed by atoms with Crippen molar-refractivity contribution in [1.82, 2.24) is 10.6 Å². The molecular weight excluding hydrogens is 236 g/mol. The van der Waals surface area contributed by atoms with E-state index in [2.05, 4.69) is 10.6 Å². The first-order chi connectivity index (χ1) is 8.54. The summed E-state index contributed by atoms with van der Waals surface area (Å²) in [5, 5.41) is 14.5. The van der Waals surface area contributed by atoms with E-state index in [1.165, 1.54) is 0 Å². The average Bonchev–Trinajstić information content (AvgIpc) is 2.79. The Morgan fingerprint density at radius 2 is 2.00 bits per heavy atom. The van der Waals surface area contributed by atoms with Gasteiger partial charge in [0, 0.05) is 6.54 Å². The zero-order chi connectivity index (χ0) is 13.5. The van der Waals surface area contributed by atoms with E-state index in [1.54, 1.807) is 19.1 Å². The van der Waals surface area contributed by atoms with Gasteiger partial charge in [0.05, 0.1) is 6.54 Å². The molecule has 100 valence electrons. The van der Waals surface area contributed by atoms with Crippen molar-refractivity contribution in [2.75, 3.05) is 13.1 Å². The molecule has 0 bridgehead atoms. The number of hydrogen-bond donors (Lipinski definition) is 3. The largest absolute Gasteiger partial charge is 0.464 e. The molecule has 1 aromatic rings. The molecule has 0 spiro atoms. The summed E-state index contributed by atoms with van der Waals surface area (Å²) in [5.41, 5.74) is 0. The molecule has 1 unspecified atom stereocenters. The second-order valence-electron chi connectivity index (χ2n) is 3.93. The third-order valence-electron chi connectivity index (χ3n) is 2.29. The number of rotatable bonds is 5. The van der Waals surface area contributed by atoms with Crippen molar-refractivity contribution in [3.05, 3.63) is 23.7 Å². The van der Waals surface area contributed by atoms with Crippen LogP contribution >= 0.6 is 0 Å². The van der Waals surface area contributed by atoms with E-state index in [0.717, 1.165) is 6.42 Å². The number of carbonyl (C=O) groups is 2. The summed E-state index contributed by atoms with van der Waals surface area (Å²) in [5.74, 6) is -0.414. The van der Waals surface area contributed by atoms with E-state index in [-0.39, 0.29) is 6.54 Å². The van der Waals surface area contributed by atoms with Gasteiger partial charge >= 0.3 is 11.8 Å². The number of furan rings is 1. The van der Waals surface area contributed by atoms with Crippen LogP contribution in [0.25, 0.3) is 0 Å². The summed E-state index contributed by atoms with van der Waals surface area (Å²) in [4.78, 5) is 22.6. The van der Waals surface area contributed by atoms with Gasteiger partial charge in [-0.2, -0.15) is 0 Å². The lowest BCUT2D eigenvalue weighted by Gasteiger charge is -2.09. The van der Waals surface area contributed by atoms with Gasteiger partial charge in [-0.25, -0.2) is 0 Å². The summed E-state index contributed by atoms with van der Waals surface area (Å²) in [6, 6.07) is 3.34. The lowest BCUT2D eigenvalue weighted by Crippen LogP contribution is -2.41. The Hall–Kier alpha value is -1.82. The lowest BCUT2D eigenvalue weighted by molar-refractivity contribution is -0.139. The van der Waals surface area contributed by atoms with Crippen LogP contribution in [0.15, 0.2) is 16.5 Å². The molecule has 1 heterocycles. The number of carbonyl (C=O) groups excluding carboxylic acids is 2. The highest BCUT2D eigenvalue weighted by Gasteiger charge is 2.16. The zero-order valence-corrected chi connectivity index (χ0v) is 10.5. The molecule has 6 heteroatoms. The fraction of sp³-hybridized carbons (Fsp3) is 0.500. The van der Waals surface area contributed by atoms with Gasteiger partial charge in [0.15, 0.2) is 0 Å². The number of hydrogen-bond acceptors (Lipinski definition) is 4. The molecule has 0 aliphatic carbocycles. The van der Waals surface area contributed by atoms with Crippen LogP contribution in [-0.4, -0.2) is 30.0 Å². The number of aliphatic hydroxyl groups excluding tert-OH is 1. The SMILES string of the molecule is CCCNC(=O)C(=O)NCC(O)c1ccc(C)o1. The molecule has 0 aromatic carbocycles. The van der Waals surface area contributed by atoms with Crippen LogP contribution in [0.3, 0.4) is 0 Å². The smallest absolute Gasteiger partial charge is 0.309 e. The molecule has 0 aliphatic heterocycles. The van der Waals surface area contributed by atoms with Crippen LogP contribution in [0.4, 0.5) is 0 Å². The topological polar surface area (TPSA) is 91.6 Å². The highest BCUT2D eigenvalue weighted by atomic mass is 16.4. The molecule has 2 amide bonds. The monoisotopic (exact) mass is 254 g/mol. The molecule has 3 N–H and O–H groups in total. The van der Waals surface area contributed by atoms with Gasteiger partial charge < -0.3 is 20.2 Å². The molecule has 0 saturated heterocycles. The molecular formula is C12H18N2O4. The first-order valence-corrected chi connectivity index (χ1v) is 5.85. The van der Waals surface area contributed by atoms with Gasteiger partial charge in [0.25, 0.3) is 0 Å². The Balaban J connectivity index is 2.36. The van der Waals surface area contributed by atoms with Crippen LogP contribution in [0.2, 0.25) is 0 Å². The van der Waals surface area contributed by atoms with E-state index in [1.807, 2.05) is 6.92 Å². The van der Waals surface area contributed by atoms with Crippen LogP contribution in [0.5, 0.6) is 0 Å². The van der Waals surface area contributed by atoms with Crippen molar-refractivity contribution < 1.29 is 19.1 Å². The van der Waals surface area contributed by atoms with Gasteiger partial charge in [-0.3, -0.25) is 9.59 Å². The number of nitrogens with one attached hydrogen (secondary N) is 2. The van der Waals surface area contributed by atoms with E-state index in [9.17, 15) is 14.7 Å². The molecule has 1 rings (SSSR count). The standard InChI is InChI=1S/C12H18N2O4/c1-3-6-13-11(16)12(17)14-7-9(15)10-5-4-8(2)18-10/h4-5,9,15H,3,6-7H2,1-2H3,(H,13,16)(H,14,17). The maximum Gasteiger partial charge on any atom is 0.309 e. The summed E-state index contributed by atoms with van der Waals surface area (Å²) < 4.78 is 5.20. The van der Waals surface area contributed by atoms with Gasteiger partial charge in [-0.1, -0.05) is 6.92 Å². The zero-order valence-electron chi connectivity index (χ0n) is 10.5. The highest BCUT2D eigenvalue weighted by Crippen LogP contribution is 2.14. The summed E-state index contributed by atoms with van der Waals surface area (Å²) in [6.07, 6.45) is -0.200. The van der Waals surface area contributed by atoms with Crippen LogP contribution < -0.4 is 10.6 Å². The summed E-state index contributed by atoms with van der Waals surface area (Å²) in [7, 11) is 0. The lowest BCUT2D eigenvalue weighted by atomic mass is 10.2. The highest BCUT2D eigenvalue weighted by molar-refractivity contribution is 6.35. The van der Waals surface area contributed by atoms with Crippen molar-refractivity contribution in [3.8, 4) is 0 Å². The van der Waals surface area contributed by atoms with E-state index in [4.69, 9.17) is 4.42 Å².